The summed E-state index contributed by atoms with van der Waals surface area (Å²) in [4.78, 5) is 19.7. The van der Waals surface area contributed by atoms with Crippen LogP contribution in [0.5, 0.6) is 11.5 Å². The maximum Gasteiger partial charge on any atom is 0.255 e. The quantitative estimate of drug-likeness (QED) is 0.717. The Morgan fingerprint density at radius 2 is 1.78 bits per heavy atom. The van der Waals surface area contributed by atoms with Crippen LogP contribution in [0.15, 0.2) is 36.4 Å². The second kappa shape index (κ2) is 7.44. The van der Waals surface area contributed by atoms with Crippen molar-refractivity contribution in [3.05, 3.63) is 42.0 Å². The summed E-state index contributed by atoms with van der Waals surface area (Å²) in [5.41, 5.74) is 2.18. The molecule has 140 valence electrons. The van der Waals surface area contributed by atoms with Gasteiger partial charge in [-0.3, -0.25) is 4.79 Å². The third-order valence-corrected chi connectivity index (χ3v) is 5.70. The van der Waals surface area contributed by atoms with E-state index in [9.17, 15) is 4.79 Å². The van der Waals surface area contributed by atoms with Gasteiger partial charge in [-0.05, 0) is 43.2 Å². The molecule has 0 unspecified atom stereocenters. The molecule has 0 bridgehead atoms. The summed E-state index contributed by atoms with van der Waals surface area (Å²) in [6.45, 7) is 2.14. The minimum absolute atomic E-state index is 0.212. The lowest BCUT2D eigenvalue weighted by atomic mass is 10.1. The molecule has 7 heteroatoms. The molecule has 0 spiro atoms. The van der Waals surface area contributed by atoms with Crippen LogP contribution in [0, 0.1) is 0 Å². The lowest BCUT2D eigenvalue weighted by molar-refractivity contribution is 0.102. The molecule has 1 saturated heterocycles. The number of carbonyl (C=O) groups excluding carboxylic acids is 1. The van der Waals surface area contributed by atoms with Crippen LogP contribution < -0.4 is 19.7 Å². The van der Waals surface area contributed by atoms with E-state index in [-0.39, 0.29) is 5.91 Å². The second-order valence-corrected chi connectivity index (χ2v) is 7.44. The van der Waals surface area contributed by atoms with Crippen molar-refractivity contribution in [3.8, 4) is 11.5 Å². The summed E-state index contributed by atoms with van der Waals surface area (Å²) in [5.74, 6) is 0.941. The van der Waals surface area contributed by atoms with E-state index in [1.807, 2.05) is 18.2 Å². The number of hydrogen-bond donors (Lipinski definition) is 1. The molecule has 1 N–H and O–H groups in total. The van der Waals surface area contributed by atoms with Gasteiger partial charge >= 0.3 is 0 Å². The van der Waals surface area contributed by atoms with Gasteiger partial charge in [0.1, 0.15) is 11.5 Å². The van der Waals surface area contributed by atoms with E-state index in [1.165, 1.54) is 12.8 Å². The Morgan fingerprint density at radius 3 is 2.44 bits per heavy atom. The fourth-order valence-corrected chi connectivity index (χ4v) is 4.23. The van der Waals surface area contributed by atoms with E-state index >= 15 is 0 Å². The molecule has 0 radical (unpaired) electrons. The molecular formula is C20H21N3O3S. The predicted octanol–water partition coefficient (Wildman–Crippen LogP) is 4.17. The van der Waals surface area contributed by atoms with Gasteiger partial charge in [0, 0.05) is 30.4 Å². The number of ether oxygens (including phenoxy) is 2. The zero-order valence-electron chi connectivity index (χ0n) is 15.3. The van der Waals surface area contributed by atoms with Crippen molar-refractivity contribution in [3.63, 3.8) is 0 Å². The Kier molecular flexibility index (Phi) is 4.85. The summed E-state index contributed by atoms with van der Waals surface area (Å²) >= 11 is 1.67. The number of aromatic nitrogens is 1. The summed E-state index contributed by atoms with van der Waals surface area (Å²) in [6.07, 6.45) is 2.45. The van der Waals surface area contributed by atoms with Crippen LogP contribution in [0.2, 0.25) is 0 Å². The van der Waals surface area contributed by atoms with Crippen molar-refractivity contribution >= 4 is 38.3 Å². The van der Waals surface area contributed by atoms with Crippen LogP contribution in [0.1, 0.15) is 23.2 Å². The summed E-state index contributed by atoms with van der Waals surface area (Å²) in [5, 5.41) is 4.01. The van der Waals surface area contributed by atoms with Crippen LogP contribution in [-0.2, 0) is 0 Å². The monoisotopic (exact) mass is 383 g/mol. The number of nitrogens with zero attached hydrogens (tertiary/aromatic N) is 2. The molecule has 0 atom stereocenters. The summed E-state index contributed by atoms with van der Waals surface area (Å²) < 4.78 is 11.5. The molecule has 27 heavy (non-hydrogen) atoms. The number of benzene rings is 2. The number of thiazole rings is 1. The lowest BCUT2D eigenvalue weighted by Crippen LogP contribution is -2.16. The number of rotatable bonds is 5. The Morgan fingerprint density at radius 1 is 1.07 bits per heavy atom. The van der Waals surface area contributed by atoms with Gasteiger partial charge in [0.15, 0.2) is 5.13 Å². The van der Waals surface area contributed by atoms with Gasteiger partial charge < -0.3 is 19.7 Å². The second-order valence-electron chi connectivity index (χ2n) is 6.43. The summed E-state index contributed by atoms with van der Waals surface area (Å²) in [7, 11) is 3.12. The highest BCUT2D eigenvalue weighted by Gasteiger charge is 2.17. The standard InChI is InChI=1S/C20H21N3O3S/c1-25-15-9-13(10-16(12-15)26-2)19(24)21-14-5-6-17-18(11-14)27-20(22-17)23-7-3-4-8-23/h5-6,9-12H,3-4,7-8H2,1-2H3,(H,21,24). The molecule has 6 nitrogen and oxygen atoms in total. The number of nitrogens with one attached hydrogen (secondary N) is 1. The normalized spacial score (nSPS) is 13.8. The maximum atomic E-state index is 12.7. The third-order valence-electron chi connectivity index (χ3n) is 4.63. The van der Waals surface area contributed by atoms with Crippen molar-refractivity contribution in [2.24, 2.45) is 0 Å². The average Bonchev–Trinajstić information content (AvgIpc) is 3.36. The first-order chi connectivity index (χ1) is 13.2. The van der Waals surface area contributed by atoms with Gasteiger partial charge in [0.2, 0.25) is 0 Å². The largest absolute Gasteiger partial charge is 0.497 e. The highest BCUT2D eigenvalue weighted by molar-refractivity contribution is 7.22. The molecule has 0 aliphatic carbocycles. The van der Waals surface area contributed by atoms with Crippen LogP contribution in [0.3, 0.4) is 0 Å². The van der Waals surface area contributed by atoms with Gasteiger partial charge in [0.05, 0.1) is 24.4 Å². The molecule has 0 saturated carbocycles. The molecule has 1 aromatic heterocycles. The SMILES string of the molecule is COc1cc(OC)cc(C(=O)Nc2ccc3nc(N4CCCC4)sc3c2)c1. The number of anilines is 2. The number of fused-ring (bicyclic) bond motifs is 1. The minimum Gasteiger partial charge on any atom is -0.497 e. The first-order valence-electron chi connectivity index (χ1n) is 8.86. The first-order valence-corrected chi connectivity index (χ1v) is 9.68. The third kappa shape index (κ3) is 3.68. The number of methoxy groups -OCH3 is 2. The first kappa shape index (κ1) is 17.6. The zero-order valence-corrected chi connectivity index (χ0v) is 16.1. The molecule has 1 fully saturated rings. The molecule has 2 heterocycles. The molecule has 1 aliphatic heterocycles. The topological polar surface area (TPSA) is 63.7 Å². The number of amides is 1. The smallest absolute Gasteiger partial charge is 0.255 e. The van der Waals surface area contributed by atoms with Crippen molar-refractivity contribution in [1.29, 1.82) is 0 Å². The van der Waals surface area contributed by atoms with E-state index in [1.54, 1.807) is 43.8 Å². The molecule has 4 rings (SSSR count). The Bertz CT molecular complexity index is 958. The van der Waals surface area contributed by atoms with Gasteiger partial charge in [-0.1, -0.05) is 11.3 Å². The van der Waals surface area contributed by atoms with Crippen LogP contribution in [-0.4, -0.2) is 38.2 Å². The van der Waals surface area contributed by atoms with E-state index in [2.05, 4.69) is 10.2 Å². The van der Waals surface area contributed by atoms with E-state index in [0.717, 1.165) is 34.1 Å². The molecule has 3 aromatic rings. The fourth-order valence-electron chi connectivity index (χ4n) is 3.18. The molecular weight excluding hydrogens is 362 g/mol. The molecule has 1 amide bonds. The van der Waals surface area contributed by atoms with Gasteiger partial charge in [-0.25, -0.2) is 4.98 Å². The van der Waals surface area contributed by atoms with Crippen LogP contribution >= 0.6 is 11.3 Å². The molecule has 1 aliphatic rings. The number of carbonyl (C=O) groups is 1. The fraction of sp³-hybridized carbons (Fsp3) is 0.300. The highest BCUT2D eigenvalue weighted by Crippen LogP contribution is 2.32. The van der Waals surface area contributed by atoms with Crippen LogP contribution in [0.4, 0.5) is 10.8 Å². The number of hydrogen-bond acceptors (Lipinski definition) is 6. The van der Waals surface area contributed by atoms with Gasteiger partial charge in [-0.2, -0.15) is 0 Å². The van der Waals surface area contributed by atoms with Crippen molar-refractivity contribution in [1.82, 2.24) is 4.98 Å². The van der Waals surface area contributed by atoms with E-state index in [4.69, 9.17) is 14.5 Å². The Balaban J connectivity index is 1.56. The van der Waals surface area contributed by atoms with Crippen LogP contribution in [0.25, 0.3) is 10.2 Å². The van der Waals surface area contributed by atoms with E-state index < -0.39 is 0 Å². The van der Waals surface area contributed by atoms with Gasteiger partial charge in [0.25, 0.3) is 5.91 Å². The lowest BCUT2D eigenvalue weighted by Gasteiger charge is -2.11. The Hall–Kier alpha value is -2.80. The van der Waals surface area contributed by atoms with Crippen molar-refractivity contribution in [2.45, 2.75) is 12.8 Å². The van der Waals surface area contributed by atoms with E-state index in [0.29, 0.717) is 17.1 Å². The van der Waals surface area contributed by atoms with Crippen molar-refractivity contribution < 1.29 is 14.3 Å². The highest BCUT2D eigenvalue weighted by atomic mass is 32.1. The molecule has 2 aromatic carbocycles. The average molecular weight is 383 g/mol. The summed E-state index contributed by atoms with van der Waals surface area (Å²) in [6, 6.07) is 10.9. The maximum absolute atomic E-state index is 12.7. The minimum atomic E-state index is -0.212. The Labute approximate surface area is 161 Å². The zero-order chi connectivity index (χ0) is 18.8. The predicted molar refractivity (Wildman–Crippen MR) is 109 cm³/mol. The van der Waals surface area contributed by atoms with Crippen molar-refractivity contribution in [2.75, 3.05) is 37.5 Å². The van der Waals surface area contributed by atoms with Gasteiger partial charge in [-0.15, -0.1) is 0 Å².